The zero-order valence-electron chi connectivity index (χ0n) is 12.6. The smallest absolute Gasteiger partial charge is 0.356 e. The van der Waals surface area contributed by atoms with E-state index < -0.39 is 11.1 Å². The Hall–Kier alpha value is -1.31. The van der Waals surface area contributed by atoms with Gasteiger partial charge in [-0.1, -0.05) is 25.2 Å². The van der Waals surface area contributed by atoms with Crippen molar-refractivity contribution in [2.45, 2.75) is 32.9 Å². The first-order chi connectivity index (χ1) is 10.3. The Morgan fingerprint density at radius 3 is 2.86 bits per heavy atom. The Bertz CT molecular complexity index is 516. The molecule has 0 aromatic carbocycles. The third kappa shape index (κ3) is 4.34. The zero-order valence-corrected chi connectivity index (χ0v) is 13.4. The number of carbonyl (C=O) groups is 1. The number of thiazole rings is 1. The van der Waals surface area contributed by atoms with Crippen LogP contribution in [0.2, 0.25) is 0 Å². The molecule has 1 N–H and O–H groups in total. The summed E-state index contributed by atoms with van der Waals surface area (Å²) in [5.41, 5.74) is 0. The highest BCUT2D eigenvalue weighted by Crippen LogP contribution is 2.37. The number of halogens is 3. The normalized spacial score (nSPS) is 19.5. The molecule has 124 valence electrons. The lowest BCUT2D eigenvalue weighted by Crippen LogP contribution is -2.41. The van der Waals surface area contributed by atoms with Crippen LogP contribution < -0.4 is 10.2 Å². The predicted molar refractivity (Wildman–Crippen MR) is 79.9 cm³/mol. The lowest BCUT2D eigenvalue weighted by atomic mass is 9.98. The van der Waals surface area contributed by atoms with Gasteiger partial charge in [-0.25, -0.2) is 4.98 Å². The summed E-state index contributed by atoms with van der Waals surface area (Å²) in [4.78, 5) is 16.7. The Kier molecular flexibility index (Phi) is 5.31. The van der Waals surface area contributed by atoms with E-state index in [0.29, 0.717) is 36.1 Å². The van der Waals surface area contributed by atoms with Crippen molar-refractivity contribution in [3.63, 3.8) is 0 Å². The van der Waals surface area contributed by atoms with E-state index in [9.17, 15) is 18.0 Å². The summed E-state index contributed by atoms with van der Waals surface area (Å²) >= 11 is 0.680. The van der Waals surface area contributed by atoms with Crippen molar-refractivity contribution in [1.82, 2.24) is 10.3 Å². The monoisotopic (exact) mass is 335 g/mol. The number of anilines is 1. The SMILES string of the molecule is CC(C)C(=O)NCC1CCCN(c2ncc(C(F)(F)F)s2)C1. The summed E-state index contributed by atoms with van der Waals surface area (Å²) in [5.74, 6) is 0.188. The molecule has 1 fully saturated rings. The van der Waals surface area contributed by atoms with Crippen molar-refractivity contribution in [1.29, 1.82) is 0 Å². The highest BCUT2D eigenvalue weighted by molar-refractivity contribution is 7.15. The molecule has 0 aliphatic carbocycles. The van der Waals surface area contributed by atoms with E-state index in [1.807, 2.05) is 18.7 Å². The Labute approximate surface area is 131 Å². The number of aromatic nitrogens is 1. The highest BCUT2D eigenvalue weighted by atomic mass is 32.1. The second kappa shape index (κ2) is 6.85. The maximum Gasteiger partial charge on any atom is 0.427 e. The van der Waals surface area contributed by atoms with Gasteiger partial charge in [-0.3, -0.25) is 4.79 Å². The lowest BCUT2D eigenvalue weighted by molar-refractivity contribution is -0.134. The van der Waals surface area contributed by atoms with E-state index in [0.717, 1.165) is 19.0 Å². The third-order valence-electron chi connectivity index (χ3n) is 3.65. The zero-order chi connectivity index (χ0) is 16.3. The average Bonchev–Trinajstić information content (AvgIpc) is 2.94. The number of alkyl halides is 3. The number of amides is 1. The molecular weight excluding hydrogens is 315 g/mol. The van der Waals surface area contributed by atoms with Gasteiger partial charge in [0.2, 0.25) is 5.91 Å². The van der Waals surface area contributed by atoms with Crippen LogP contribution in [0.1, 0.15) is 31.6 Å². The maximum atomic E-state index is 12.6. The number of hydrogen-bond acceptors (Lipinski definition) is 4. The van der Waals surface area contributed by atoms with Crippen LogP contribution in [0.25, 0.3) is 0 Å². The van der Waals surface area contributed by atoms with Crippen molar-refractivity contribution in [2.75, 3.05) is 24.5 Å². The van der Waals surface area contributed by atoms with Crippen LogP contribution in [0.4, 0.5) is 18.3 Å². The summed E-state index contributed by atoms with van der Waals surface area (Å²) in [6, 6.07) is 0. The standard InChI is InChI=1S/C14H20F3N3OS/c1-9(2)12(21)18-6-10-4-3-5-20(8-10)13-19-7-11(22-13)14(15,16)17/h7,9-10H,3-6,8H2,1-2H3,(H,18,21). The molecule has 4 nitrogen and oxygen atoms in total. The van der Waals surface area contributed by atoms with Gasteiger partial charge >= 0.3 is 6.18 Å². The van der Waals surface area contributed by atoms with Gasteiger partial charge in [0.1, 0.15) is 4.88 Å². The molecule has 0 saturated carbocycles. The van der Waals surface area contributed by atoms with Crippen LogP contribution in [-0.4, -0.2) is 30.5 Å². The van der Waals surface area contributed by atoms with Crippen LogP contribution in [-0.2, 0) is 11.0 Å². The molecule has 2 heterocycles. The van der Waals surface area contributed by atoms with Crippen molar-refractivity contribution < 1.29 is 18.0 Å². The minimum Gasteiger partial charge on any atom is -0.356 e. The van der Waals surface area contributed by atoms with Gasteiger partial charge in [-0.15, -0.1) is 0 Å². The summed E-state index contributed by atoms with van der Waals surface area (Å²) in [6.07, 6.45) is -1.59. The predicted octanol–water partition coefficient (Wildman–Crippen LogP) is 3.15. The molecule has 0 spiro atoms. The second-order valence-electron chi connectivity index (χ2n) is 5.86. The number of nitrogens with one attached hydrogen (secondary N) is 1. The van der Waals surface area contributed by atoms with Gasteiger partial charge in [0, 0.05) is 25.6 Å². The Morgan fingerprint density at radius 2 is 2.27 bits per heavy atom. The summed E-state index contributed by atoms with van der Waals surface area (Å²) < 4.78 is 37.9. The fourth-order valence-corrected chi connectivity index (χ4v) is 3.21. The molecule has 1 unspecified atom stereocenters. The van der Waals surface area contributed by atoms with Gasteiger partial charge < -0.3 is 10.2 Å². The average molecular weight is 335 g/mol. The fraction of sp³-hybridized carbons (Fsp3) is 0.714. The van der Waals surface area contributed by atoms with E-state index >= 15 is 0 Å². The first-order valence-electron chi connectivity index (χ1n) is 7.33. The molecule has 1 saturated heterocycles. The molecule has 8 heteroatoms. The van der Waals surface area contributed by atoms with Crippen LogP contribution in [0.3, 0.4) is 0 Å². The van der Waals surface area contributed by atoms with Crippen LogP contribution in [0.5, 0.6) is 0 Å². The third-order valence-corrected chi connectivity index (χ3v) is 4.75. The topological polar surface area (TPSA) is 45.2 Å². The van der Waals surface area contributed by atoms with E-state index in [4.69, 9.17) is 0 Å². The molecule has 2 rings (SSSR count). The van der Waals surface area contributed by atoms with E-state index in [1.54, 1.807) is 0 Å². The number of hydrogen-bond donors (Lipinski definition) is 1. The molecule has 1 atom stereocenters. The summed E-state index contributed by atoms with van der Waals surface area (Å²) in [5, 5.41) is 3.30. The number of carbonyl (C=O) groups excluding carboxylic acids is 1. The second-order valence-corrected chi connectivity index (χ2v) is 6.87. The van der Waals surface area contributed by atoms with Crippen molar-refractivity contribution in [3.8, 4) is 0 Å². The molecule has 1 aromatic rings. The van der Waals surface area contributed by atoms with E-state index in [1.165, 1.54) is 0 Å². The molecule has 0 bridgehead atoms. The Balaban J connectivity index is 1.93. The minimum atomic E-state index is -4.34. The van der Waals surface area contributed by atoms with Crippen LogP contribution >= 0.6 is 11.3 Å². The first-order valence-corrected chi connectivity index (χ1v) is 8.14. The van der Waals surface area contributed by atoms with Gasteiger partial charge in [0.25, 0.3) is 0 Å². The molecule has 0 radical (unpaired) electrons. The molecule has 1 aliphatic rings. The molecule has 1 aromatic heterocycles. The van der Waals surface area contributed by atoms with Gasteiger partial charge in [-0.05, 0) is 18.8 Å². The number of piperidine rings is 1. The lowest BCUT2D eigenvalue weighted by Gasteiger charge is -2.32. The maximum absolute atomic E-state index is 12.6. The quantitative estimate of drug-likeness (QED) is 0.919. The Morgan fingerprint density at radius 1 is 1.55 bits per heavy atom. The van der Waals surface area contributed by atoms with E-state index in [-0.39, 0.29) is 17.7 Å². The van der Waals surface area contributed by atoms with Crippen LogP contribution in [0, 0.1) is 11.8 Å². The van der Waals surface area contributed by atoms with Gasteiger partial charge in [0.15, 0.2) is 5.13 Å². The van der Waals surface area contributed by atoms with Gasteiger partial charge in [0.05, 0.1) is 6.20 Å². The van der Waals surface area contributed by atoms with Crippen LogP contribution in [0.15, 0.2) is 6.20 Å². The molecule has 22 heavy (non-hydrogen) atoms. The first kappa shape index (κ1) is 17.1. The fourth-order valence-electron chi connectivity index (χ4n) is 2.40. The minimum absolute atomic E-state index is 0.00531. The molecule has 1 aliphatic heterocycles. The number of rotatable bonds is 4. The van der Waals surface area contributed by atoms with E-state index in [2.05, 4.69) is 10.3 Å². The molecule has 1 amide bonds. The van der Waals surface area contributed by atoms with Gasteiger partial charge in [-0.2, -0.15) is 13.2 Å². The largest absolute Gasteiger partial charge is 0.427 e. The summed E-state index contributed by atoms with van der Waals surface area (Å²) in [7, 11) is 0. The van der Waals surface area contributed by atoms with Crippen molar-refractivity contribution in [3.05, 3.63) is 11.1 Å². The molecular formula is C14H20F3N3OS. The highest BCUT2D eigenvalue weighted by Gasteiger charge is 2.34. The number of nitrogens with zero attached hydrogens (tertiary/aromatic N) is 2. The van der Waals surface area contributed by atoms with Crippen molar-refractivity contribution in [2.24, 2.45) is 11.8 Å². The summed E-state index contributed by atoms with van der Waals surface area (Å²) in [6.45, 7) is 5.56. The van der Waals surface area contributed by atoms with Crippen molar-refractivity contribution >= 4 is 22.4 Å².